The van der Waals surface area contributed by atoms with Crippen LogP contribution in [0.15, 0.2) is 36.4 Å². The standard InChI is InChI=1S/C15H13ClFNO2/c1-9-3-5-11(16)8-13(9)18-15(19)10-4-6-14(20-2)12(17)7-10/h3-8H,1-2H3,(H,18,19). The highest BCUT2D eigenvalue weighted by atomic mass is 35.5. The second-order valence-electron chi connectivity index (χ2n) is 4.26. The zero-order chi connectivity index (χ0) is 14.7. The molecule has 0 aliphatic heterocycles. The lowest BCUT2D eigenvalue weighted by Crippen LogP contribution is -2.13. The van der Waals surface area contributed by atoms with Crippen LogP contribution in [0, 0.1) is 12.7 Å². The van der Waals surface area contributed by atoms with E-state index in [0.717, 1.165) is 11.6 Å². The Balaban J connectivity index is 2.24. The molecule has 0 radical (unpaired) electrons. The maximum absolute atomic E-state index is 13.6. The third kappa shape index (κ3) is 3.08. The van der Waals surface area contributed by atoms with Crippen LogP contribution < -0.4 is 10.1 Å². The number of carbonyl (C=O) groups is 1. The summed E-state index contributed by atoms with van der Waals surface area (Å²) in [6.07, 6.45) is 0. The van der Waals surface area contributed by atoms with Crippen LogP contribution in [-0.2, 0) is 0 Å². The summed E-state index contributed by atoms with van der Waals surface area (Å²) in [5.74, 6) is -0.889. The molecule has 3 nitrogen and oxygen atoms in total. The summed E-state index contributed by atoms with van der Waals surface area (Å²) >= 11 is 5.88. The molecule has 0 saturated heterocycles. The first-order chi connectivity index (χ1) is 9.51. The number of amides is 1. The molecule has 1 N–H and O–H groups in total. The Labute approximate surface area is 121 Å². The van der Waals surface area contributed by atoms with Crippen LogP contribution in [0.4, 0.5) is 10.1 Å². The second-order valence-corrected chi connectivity index (χ2v) is 4.70. The van der Waals surface area contributed by atoms with E-state index in [1.165, 1.54) is 19.2 Å². The molecule has 0 atom stereocenters. The molecular formula is C15H13ClFNO2. The van der Waals surface area contributed by atoms with Crippen molar-refractivity contribution >= 4 is 23.2 Å². The normalized spacial score (nSPS) is 10.2. The predicted molar refractivity (Wildman–Crippen MR) is 77.1 cm³/mol. The molecule has 5 heteroatoms. The van der Waals surface area contributed by atoms with E-state index in [2.05, 4.69) is 5.32 Å². The van der Waals surface area contributed by atoms with E-state index in [0.29, 0.717) is 10.7 Å². The summed E-state index contributed by atoms with van der Waals surface area (Å²) in [6.45, 7) is 1.85. The fourth-order valence-corrected chi connectivity index (χ4v) is 1.90. The first-order valence-electron chi connectivity index (χ1n) is 5.92. The van der Waals surface area contributed by atoms with E-state index < -0.39 is 11.7 Å². The van der Waals surface area contributed by atoms with Gasteiger partial charge in [-0.1, -0.05) is 17.7 Å². The molecule has 2 rings (SSSR count). The minimum absolute atomic E-state index is 0.0977. The summed E-state index contributed by atoms with van der Waals surface area (Å²) in [5, 5.41) is 3.22. The molecule has 20 heavy (non-hydrogen) atoms. The molecular weight excluding hydrogens is 281 g/mol. The molecule has 104 valence electrons. The molecule has 0 saturated carbocycles. The Hall–Kier alpha value is -2.07. The van der Waals surface area contributed by atoms with Gasteiger partial charge in [0.15, 0.2) is 11.6 Å². The predicted octanol–water partition coefficient (Wildman–Crippen LogP) is 4.05. The summed E-state index contributed by atoms with van der Waals surface area (Å²) < 4.78 is 18.4. The van der Waals surface area contributed by atoms with E-state index in [1.807, 2.05) is 6.92 Å². The van der Waals surface area contributed by atoms with Crippen LogP contribution in [0.3, 0.4) is 0 Å². The van der Waals surface area contributed by atoms with Crippen LogP contribution in [0.1, 0.15) is 15.9 Å². The van der Waals surface area contributed by atoms with E-state index in [4.69, 9.17) is 16.3 Å². The average molecular weight is 294 g/mol. The van der Waals surface area contributed by atoms with Crippen LogP contribution in [0.25, 0.3) is 0 Å². The van der Waals surface area contributed by atoms with Gasteiger partial charge in [0.05, 0.1) is 7.11 Å². The summed E-state index contributed by atoms with van der Waals surface area (Å²) in [7, 11) is 1.37. The summed E-state index contributed by atoms with van der Waals surface area (Å²) in [6, 6.07) is 9.22. The van der Waals surface area contributed by atoms with Gasteiger partial charge in [0.1, 0.15) is 0 Å². The number of anilines is 1. The zero-order valence-electron chi connectivity index (χ0n) is 11.0. The molecule has 0 unspecified atom stereocenters. The molecule has 0 aliphatic carbocycles. The second kappa shape index (κ2) is 5.92. The minimum Gasteiger partial charge on any atom is -0.494 e. The Morgan fingerprint density at radius 2 is 2.00 bits per heavy atom. The molecule has 0 aliphatic rings. The lowest BCUT2D eigenvalue weighted by atomic mass is 10.1. The van der Waals surface area contributed by atoms with Gasteiger partial charge < -0.3 is 10.1 Å². The largest absolute Gasteiger partial charge is 0.494 e. The fraction of sp³-hybridized carbons (Fsp3) is 0.133. The van der Waals surface area contributed by atoms with Gasteiger partial charge in [0.25, 0.3) is 5.91 Å². The van der Waals surface area contributed by atoms with E-state index in [1.54, 1.807) is 18.2 Å². The average Bonchev–Trinajstić information content (AvgIpc) is 2.42. The van der Waals surface area contributed by atoms with Crippen molar-refractivity contribution in [3.05, 3.63) is 58.4 Å². The summed E-state index contributed by atoms with van der Waals surface area (Å²) in [5.41, 5.74) is 1.68. The molecule has 0 aromatic heterocycles. The molecule has 0 fully saturated rings. The van der Waals surface area contributed by atoms with E-state index in [-0.39, 0.29) is 11.3 Å². The van der Waals surface area contributed by atoms with Gasteiger partial charge in [-0.15, -0.1) is 0 Å². The Bertz CT molecular complexity index is 658. The molecule has 1 amide bonds. The van der Waals surface area contributed by atoms with E-state index >= 15 is 0 Å². The van der Waals surface area contributed by atoms with Gasteiger partial charge in [-0.3, -0.25) is 4.79 Å². The monoisotopic (exact) mass is 293 g/mol. The highest BCUT2D eigenvalue weighted by Crippen LogP contribution is 2.22. The van der Waals surface area contributed by atoms with Crippen LogP contribution in [-0.4, -0.2) is 13.0 Å². The van der Waals surface area contributed by atoms with Crippen LogP contribution >= 0.6 is 11.6 Å². The summed E-state index contributed by atoms with van der Waals surface area (Å²) in [4.78, 5) is 12.1. The lowest BCUT2D eigenvalue weighted by molar-refractivity contribution is 0.102. The number of hydrogen-bond acceptors (Lipinski definition) is 2. The van der Waals surface area contributed by atoms with Crippen molar-refractivity contribution in [2.24, 2.45) is 0 Å². The maximum Gasteiger partial charge on any atom is 0.255 e. The molecule has 2 aromatic rings. The van der Waals surface area contributed by atoms with E-state index in [9.17, 15) is 9.18 Å². The number of aryl methyl sites for hydroxylation is 1. The molecule has 2 aromatic carbocycles. The van der Waals surface area contributed by atoms with Crippen molar-refractivity contribution in [2.45, 2.75) is 6.92 Å². The van der Waals surface area contributed by atoms with Crippen molar-refractivity contribution < 1.29 is 13.9 Å². The van der Waals surface area contributed by atoms with Crippen molar-refractivity contribution in [1.29, 1.82) is 0 Å². The van der Waals surface area contributed by atoms with Gasteiger partial charge >= 0.3 is 0 Å². The van der Waals surface area contributed by atoms with Crippen LogP contribution in [0.5, 0.6) is 5.75 Å². The third-order valence-corrected chi connectivity index (χ3v) is 3.10. The fourth-order valence-electron chi connectivity index (χ4n) is 1.73. The Morgan fingerprint density at radius 3 is 2.65 bits per heavy atom. The van der Waals surface area contributed by atoms with Gasteiger partial charge in [-0.25, -0.2) is 4.39 Å². The number of halogens is 2. The quantitative estimate of drug-likeness (QED) is 0.927. The Morgan fingerprint density at radius 1 is 1.25 bits per heavy atom. The highest BCUT2D eigenvalue weighted by molar-refractivity contribution is 6.31. The van der Waals surface area contributed by atoms with Gasteiger partial charge in [-0.05, 0) is 42.8 Å². The number of methoxy groups -OCH3 is 1. The number of rotatable bonds is 3. The van der Waals surface area contributed by atoms with Crippen molar-refractivity contribution in [1.82, 2.24) is 0 Å². The molecule has 0 spiro atoms. The van der Waals surface area contributed by atoms with Gasteiger partial charge in [-0.2, -0.15) is 0 Å². The first-order valence-corrected chi connectivity index (χ1v) is 6.30. The first kappa shape index (κ1) is 14.3. The van der Waals surface area contributed by atoms with Gasteiger partial charge in [0.2, 0.25) is 0 Å². The SMILES string of the molecule is COc1ccc(C(=O)Nc2cc(Cl)ccc2C)cc1F. The number of carbonyl (C=O) groups excluding carboxylic acids is 1. The topological polar surface area (TPSA) is 38.3 Å². The van der Waals surface area contributed by atoms with Crippen molar-refractivity contribution in [3.8, 4) is 5.75 Å². The van der Waals surface area contributed by atoms with Crippen molar-refractivity contribution in [2.75, 3.05) is 12.4 Å². The number of benzene rings is 2. The molecule has 0 bridgehead atoms. The van der Waals surface area contributed by atoms with Crippen molar-refractivity contribution in [3.63, 3.8) is 0 Å². The molecule has 0 heterocycles. The zero-order valence-corrected chi connectivity index (χ0v) is 11.8. The lowest BCUT2D eigenvalue weighted by Gasteiger charge is -2.09. The smallest absolute Gasteiger partial charge is 0.255 e. The Kier molecular flexibility index (Phi) is 4.25. The highest BCUT2D eigenvalue weighted by Gasteiger charge is 2.11. The third-order valence-electron chi connectivity index (χ3n) is 2.86. The minimum atomic E-state index is -0.581. The van der Waals surface area contributed by atoms with Crippen LogP contribution in [0.2, 0.25) is 5.02 Å². The van der Waals surface area contributed by atoms with Gasteiger partial charge in [0, 0.05) is 16.3 Å². The number of hydrogen-bond donors (Lipinski definition) is 1. The maximum atomic E-state index is 13.6. The number of nitrogens with one attached hydrogen (secondary N) is 1. The number of ether oxygens (including phenoxy) is 1.